The van der Waals surface area contributed by atoms with Gasteiger partial charge in [0.25, 0.3) is 5.91 Å². The molecule has 1 amide bonds. The van der Waals surface area contributed by atoms with Crippen LogP contribution in [0.1, 0.15) is 28.7 Å². The van der Waals surface area contributed by atoms with E-state index in [-0.39, 0.29) is 5.91 Å². The van der Waals surface area contributed by atoms with Crippen LogP contribution in [0.3, 0.4) is 0 Å². The SMILES string of the molecule is CCn1nc(C(=O)Nc2cccc(OC)c2)c2c1CCOC2. The van der Waals surface area contributed by atoms with E-state index in [9.17, 15) is 4.79 Å². The van der Waals surface area contributed by atoms with Crippen LogP contribution in [0.2, 0.25) is 0 Å². The molecule has 0 radical (unpaired) electrons. The monoisotopic (exact) mass is 301 g/mol. The average molecular weight is 301 g/mol. The number of carbonyl (C=O) groups excluding carboxylic acids is 1. The minimum Gasteiger partial charge on any atom is -0.497 e. The number of amides is 1. The fourth-order valence-corrected chi connectivity index (χ4v) is 2.64. The number of rotatable bonds is 4. The van der Waals surface area contributed by atoms with Crippen molar-refractivity contribution in [2.75, 3.05) is 19.0 Å². The molecule has 6 nitrogen and oxygen atoms in total. The maximum Gasteiger partial charge on any atom is 0.276 e. The lowest BCUT2D eigenvalue weighted by atomic mass is 10.1. The van der Waals surface area contributed by atoms with Crippen molar-refractivity contribution in [3.63, 3.8) is 0 Å². The zero-order valence-corrected chi connectivity index (χ0v) is 12.8. The van der Waals surface area contributed by atoms with Gasteiger partial charge in [0.1, 0.15) is 5.75 Å². The minimum absolute atomic E-state index is 0.220. The van der Waals surface area contributed by atoms with Gasteiger partial charge in [0, 0.05) is 36.0 Å². The van der Waals surface area contributed by atoms with Gasteiger partial charge in [-0.1, -0.05) is 6.07 Å². The topological polar surface area (TPSA) is 65.4 Å². The molecule has 6 heteroatoms. The van der Waals surface area contributed by atoms with Gasteiger partial charge in [0.15, 0.2) is 5.69 Å². The second-order valence-electron chi connectivity index (χ2n) is 5.08. The van der Waals surface area contributed by atoms with Crippen molar-refractivity contribution in [2.24, 2.45) is 0 Å². The number of hydrogen-bond donors (Lipinski definition) is 1. The molecule has 0 aliphatic carbocycles. The Hall–Kier alpha value is -2.34. The molecule has 1 N–H and O–H groups in total. The summed E-state index contributed by atoms with van der Waals surface area (Å²) in [7, 11) is 1.59. The van der Waals surface area contributed by atoms with Crippen LogP contribution < -0.4 is 10.1 Å². The number of nitrogens with zero attached hydrogens (tertiary/aromatic N) is 2. The highest BCUT2D eigenvalue weighted by Gasteiger charge is 2.25. The van der Waals surface area contributed by atoms with Gasteiger partial charge < -0.3 is 14.8 Å². The number of anilines is 1. The Morgan fingerprint density at radius 1 is 1.50 bits per heavy atom. The maximum atomic E-state index is 12.5. The number of fused-ring (bicyclic) bond motifs is 1. The predicted octanol–water partition coefficient (Wildman–Crippen LogP) is 2.24. The predicted molar refractivity (Wildman–Crippen MR) is 82.2 cm³/mol. The lowest BCUT2D eigenvalue weighted by molar-refractivity contribution is 0.0984. The van der Waals surface area contributed by atoms with Crippen molar-refractivity contribution in [1.29, 1.82) is 0 Å². The first kappa shape index (κ1) is 14.6. The van der Waals surface area contributed by atoms with E-state index in [1.807, 2.05) is 29.8 Å². The van der Waals surface area contributed by atoms with Gasteiger partial charge in [-0.2, -0.15) is 5.10 Å². The van der Waals surface area contributed by atoms with E-state index in [1.54, 1.807) is 13.2 Å². The third-order valence-corrected chi connectivity index (χ3v) is 3.74. The second kappa shape index (κ2) is 6.19. The molecule has 0 fully saturated rings. The molecule has 2 aromatic rings. The fraction of sp³-hybridized carbons (Fsp3) is 0.375. The maximum absolute atomic E-state index is 12.5. The van der Waals surface area contributed by atoms with Crippen LogP contribution in [0.4, 0.5) is 5.69 Å². The smallest absolute Gasteiger partial charge is 0.276 e. The molecule has 0 saturated carbocycles. The van der Waals surface area contributed by atoms with Crippen LogP contribution in [0, 0.1) is 0 Å². The Morgan fingerprint density at radius 3 is 3.14 bits per heavy atom. The Bertz CT molecular complexity index is 694. The quantitative estimate of drug-likeness (QED) is 0.940. The molecular formula is C16H19N3O3. The summed E-state index contributed by atoms with van der Waals surface area (Å²) >= 11 is 0. The van der Waals surface area contributed by atoms with E-state index < -0.39 is 0 Å². The third kappa shape index (κ3) is 2.69. The highest BCUT2D eigenvalue weighted by atomic mass is 16.5. The van der Waals surface area contributed by atoms with E-state index in [4.69, 9.17) is 9.47 Å². The van der Waals surface area contributed by atoms with Crippen LogP contribution in [0.5, 0.6) is 5.75 Å². The summed E-state index contributed by atoms with van der Waals surface area (Å²) in [4.78, 5) is 12.5. The number of aryl methyl sites for hydroxylation is 1. The first-order chi connectivity index (χ1) is 10.7. The zero-order chi connectivity index (χ0) is 15.5. The van der Waals surface area contributed by atoms with Crippen LogP contribution in [-0.4, -0.2) is 29.4 Å². The van der Waals surface area contributed by atoms with E-state index in [1.165, 1.54) is 0 Å². The van der Waals surface area contributed by atoms with Crippen LogP contribution in [0.25, 0.3) is 0 Å². The Balaban J connectivity index is 1.87. The molecule has 22 heavy (non-hydrogen) atoms. The normalized spacial score (nSPS) is 13.5. The molecule has 0 bridgehead atoms. The zero-order valence-electron chi connectivity index (χ0n) is 12.8. The van der Waals surface area contributed by atoms with Crippen molar-refractivity contribution in [2.45, 2.75) is 26.5 Å². The van der Waals surface area contributed by atoms with Gasteiger partial charge in [-0.3, -0.25) is 9.48 Å². The summed E-state index contributed by atoms with van der Waals surface area (Å²) < 4.78 is 12.5. The second-order valence-corrected chi connectivity index (χ2v) is 5.08. The number of ether oxygens (including phenoxy) is 2. The fourth-order valence-electron chi connectivity index (χ4n) is 2.64. The van der Waals surface area contributed by atoms with Gasteiger partial charge in [-0.25, -0.2) is 0 Å². The van der Waals surface area contributed by atoms with Crippen molar-refractivity contribution in [1.82, 2.24) is 9.78 Å². The van der Waals surface area contributed by atoms with Crippen LogP contribution in [0.15, 0.2) is 24.3 Å². The molecular weight excluding hydrogens is 282 g/mol. The lowest BCUT2D eigenvalue weighted by Crippen LogP contribution is -2.17. The van der Waals surface area contributed by atoms with Gasteiger partial charge in [-0.05, 0) is 19.1 Å². The van der Waals surface area contributed by atoms with Gasteiger partial charge in [0.2, 0.25) is 0 Å². The Kier molecular flexibility index (Phi) is 4.11. The number of nitrogens with one attached hydrogen (secondary N) is 1. The van der Waals surface area contributed by atoms with E-state index >= 15 is 0 Å². The molecule has 1 aromatic heterocycles. The first-order valence-corrected chi connectivity index (χ1v) is 7.34. The number of aromatic nitrogens is 2. The summed E-state index contributed by atoms with van der Waals surface area (Å²) in [5, 5.41) is 7.31. The molecule has 0 unspecified atom stereocenters. The first-order valence-electron chi connectivity index (χ1n) is 7.34. The van der Waals surface area contributed by atoms with Crippen LogP contribution >= 0.6 is 0 Å². The van der Waals surface area contributed by atoms with Crippen molar-refractivity contribution in [3.05, 3.63) is 41.2 Å². The summed E-state index contributed by atoms with van der Waals surface area (Å²) in [6.45, 7) is 3.88. The number of benzene rings is 1. The van der Waals surface area contributed by atoms with E-state index in [0.29, 0.717) is 30.3 Å². The highest BCUT2D eigenvalue weighted by Crippen LogP contribution is 2.23. The molecule has 2 heterocycles. The van der Waals surface area contributed by atoms with Gasteiger partial charge in [-0.15, -0.1) is 0 Å². The molecule has 0 atom stereocenters. The summed E-state index contributed by atoms with van der Waals surface area (Å²) in [6, 6.07) is 7.26. The highest BCUT2D eigenvalue weighted by molar-refractivity contribution is 6.04. The van der Waals surface area contributed by atoms with Gasteiger partial charge in [0.05, 0.1) is 20.3 Å². The average Bonchev–Trinajstić information content (AvgIpc) is 2.94. The lowest BCUT2D eigenvalue weighted by Gasteiger charge is -2.14. The standard InChI is InChI=1S/C16H19N3O3/c1-3-19-14-7-8-22-10-13(14)15(18-19)16(20)17-11-5-4-6-12(9-11)21-2/h4-6,9H,3,7-8,10H2,1-2H3,(H,17,20). The molecule has 1 aromatic carbocycles. The number of hydrogen-bond acceptors (Lipinski definition) is 4. The van der Waals surface area contributed by atoms with Crippen LogP contribution in [-0.2, 0) is 24.3 Å². The Labute approximate surface area is 129 Å². The van der Waals surface area contributed by atoms with Crippen molar-refractivity contribution < 1.29 is 14.3 Å². The minimum atomic E-state index is -0.220. The largest absolute Gasteiger partial charge is 0.497 e. The van der Waals surface area contributed by atoms with E-state index in [2.05, 4.69) is 10.4 Å². The molecule has 0 spiro atoms. The Morgan fingerprint density at radius 2 is 2.36 bits per heavy atom. The van der Waals surface area contributed by atoms with E-state index in [0.717, 1.165) is 24.2 Å². The molecule has 0 saturated heterocycles. The molecule has 1 aliphatic heterocycles. The van der Waals surface area contributed by atoms with Crippen molar-refractivity contribution in [3.8, 4) is 5.75 Å². The summed E-state index contributed by atoms with van der Waals surface area (Å²) in [5.74, 6) is 0.476. The molecule has 3 rings (SSSR count). The number of carbonyl (C=O) groups is 1. The van der Waals surface area contributed by atoms with Gasteiger partial charge >= 0.3 is 0 Å². The molecule has 1 aliphatic rings. The summed E-state index contributed by atoms with van der Waals surface area (Å²) in [5.41, 5.74) is 3.12. The number of methoxy groups -OCH3 is 1. The van der Waals surface area contributed by atoms with Crippen molar-refractivity contribution >= 4 is 11.6 Å². The summed E-state index contributed by atoms with van der Waals surface area (Å²) in [6.07, 6.45) is 0.794. The third-order valence-electron chi connectivity index (χ3n) is 3.74. The molecule has 116 valence electrons.